The Balaban J connectivity index is 1.51. The summed E-state index contributed by atoms with van der Waals surface area (Å²) in [6, 6.07) is 10.3. The van der Waals surface area contributed by atoms with Crippen molar-refractivity contribution in [2.24, 2.45) is 0 Å². The minimum atomic E-state index is 0.128. The van der Waals surface area contributed by atoms with Crippen molar-refractivity contribution in [2.75, 3.05) is 6.54 Å². The van der Waals surface area contributed by atoms with Crippen LogP contribution >= 0.6 is 0 Å². The Hall–Kier alpha value is -2.56. The average Bonchev–Trinajstić information content (AvgIpc) is 3.25. The summed E-state index contributed by atoms with van der Waals surface area (Å²) < 4.78 is 2.17. The quantitative estimate of drug-likeness (QED) is 0.789. The molecule has 1 saturated heterocycles. The van der Waals surface area contributed by atoms with E-state index in [9.17, 15) is 4.79 Å². The summed E-state index contributed by atoms with van der Waals surface area (Å²) >= 11 is 0. The minimum Gasteiger partial charge on any atom is -0.351 e. The van der Waals surface area contributed by atoms with Crippen LogP contribution in [0.1, 0.15) is 42.0 Å². The number of fused-ring (bicyclic) bond motifs is 1. The third kappa shape index (κ3) is 3.18. The summed E-state index contributed by atoms with van der Waals surface area (Å²) in [5.74, 6) is 1.16. The molecule has 1 aromatic carbocycles. The summed E-state index contributed by atoms with van der Waals surface area (Å²) in [4.78, 5) is 22.7. The van der Waals surface area contributed by atoms with Crippen molar-refractivity contribution in [1.82, 2.24) is 19.4 Å². The third-order valence-electron chi connectivity index (χ3n) is 5.28. The molecule has 4 rings (SSSR count). The number of rotatable bonds is 4. The van der Waals surface area contributed by atoms with Crippen molar-refractivity contribution in [3.63, 3.8) is 0 Å². The van der Waals surface area contributed by atoms with Gasteiger partial charge in [0.15, 0.2) is 0 Å². The zero-order valence-corrected chi connectivity index (χ0v) is 14.6. The van der Waals surface area contributed by atoms with Crippen molar-refractivity contribution in [1.29, 1.82) is 0 Å². The fraction of sp³-hybridized carbons (Fsp3) is 0.400. The number of benzene rings is 1. The topological polar surface area (TPSA) is 53.9 Å². The van der Waals surface area contributed by atoms with E-state index in [2.05, 4.69) is 19.4 Å². The largest absolute Gasteiger partial charge is 0.351 e. The number of aromatic amines is 1. The van der Waals surface area contributed by atoms with E-state index < -0.39 is 0 Å². The number of hydrogen-bond donors (Lipinski definition) is 1. The van der Waals surface area contributed by atoms with Gasteiger partial charge < -0.3 is 14.5 Å². The van der Waals surface area contributed by atoms with Crippen molar-refractivity contribution < 1.29 is 4.79 Å². The van der Waals surface area contributed by atoms with E-state index in [0.717, 1.165) is 49.1 Å². The van der Waals surface area contributed by atoms with Gasteiger partial charge in [0.25, 0.3) is 5.91 Å². The van der Waals surface area contributed by atoms with Gasteiger partial charge in [-0.05, 0) is 44.7 Å². The first-order chi connectivity index (χ1) is 12.2. The van der Waals surface area contributed by atoms with Crippen LogP contribution in [0.4, 0.5) is 0 Å². The SMILES string of the molecule is Cc1nccn1CC[C@H]1CCCCN1C(=O)c1cc2ccccc2[nH]1. The summed E-state index contributed by atoms with van der Waals surface area (Å²) in [5.41, 5.74) is 1.72. The second-order valence-corrected chi connectivity index (χ2v) is 6.87. The van der Waals surface area contributed by atoms with Crippen LogP contribution in [0.25, 0.3) is 10.9 Å². The Morgan fingerprint density at radius 2 is 2.20 bits per heavy atom. The highest BCUT2D eigenvalue weighted by molar-refractivity contribution is 5.98. The standard InChI is InChI=1S/C20H24N4O/c1-15-21-10-13-23(15)12-9-17-7-4-5-11-24(17)20(25)19-14-16-6-2-3-8-18(16)22-19/h2-3,6,8,10,13-14,17,22H,4-5,7,9,11-12H2,1H3/t17-/m1/s1. The number of aromatic nitrogens is 3. The number of carbonyl (C=O) groups excluding carboxylic acids is 1. The Morgan fingerprint density at radius 1 is 1.32 bits per heavy atom. The van der Waals surface area contributed by atoms with E-state index in [-0.39, 0.29) is 5.91 Å². The van der Waals surface area contributed by atoms with Crippen LogP contribution in [0.2, 0.25) is 0 Å². The van der Waals surface area contributed by atoms with E-state index in [1.807, 2.05) is 49.6 Å². The number of imidazole rings is 1. The first-order valence-electron chi connectivity index (χ1n) is 9.09. The molecular formula is C20H24N4O. The molecule has 1 amide bonds. The molecule has 0 saturated carbocycles. The van der Waals surface area contributed by atoms with Gasteiger partial charge in [-0.3, -0.25) is 4.79 Å². The number of carbonyl (C=O) groups is 1. The van der Waals surface area contributed by atoms with E-state index in [1.165, 1.54) is 6.42 Å². The van der Waals surface area contributed by atoms with Gasteiger partial charge in [0.1, 0.15) is 11.5 Å². The first kappa shape index (κ1) is 15.9. The molecule has 1 aliphatic heterocycles. The van der Waals surface area contributed by atoms with Crippen molar-refractivity contribution in [2.45, 2.75) is 45.2 Å². The van der Waals surface area contributed by atoms with Gasteiger partial charge in [-0.1, -0.05) is 18.2 Å². The molecule has 0 radical (unpaired) electrons. The maximum Gasteiger partial charge on any atom is 0.270 e. The lowest BCUT2D eigenvalue weighted by atomic mass is 9.98. The monoisotopic (exact) mass is 336 g/mol. The normalized spacial score (nSPS) is 18.0. The lowest BCUT2D eigenvalue weighted by Gasteiger charge is -2.35. The predicted molar refractivity (Wildman–Crippen MR) is 98.6 cm³/mol. The molecule has 130 valence electrons. The molecule has 1 N–H and O–H groups in total. The lowest BCUT2D eigenvalue weighted by molar-refractivity contribution is 0.0590. The second-order valence-electron chi connectivity index (χ2n) is 6.87. The summed E-state index contributed by atoms with van der Waals surface area (Å²) in [6.45, 7) is 3.78. The molecule has 1 fully saturated rings. The highest BCUT2D eigenvalue weighted by Gasteiger charge is 2.28. The molecule has 0 spiro atoms. The zero-order valence-electron chi connectivity index (χ0n) is 14.6. The van der Waals surface area contributed by atoms with Gasteiger partial charge in [0.05, 0.1) is 0 Å². The molecule has 5 heteroatoms. The molecule has 1 aliphatic rings. The number of H-pyrrole nitrogens is 1. The lowest BCUT2D eigenvalue weighted by Crippen LogP contribution is -2.44. The Kier molecular flexibility index (Phi) is 4.30. The van der Waals surface area contributed by atoms with Crippen LogP contribution in [0.5, 0.6) is 0 Å². The Morgan fingerprint density at radius 3 is 3.00 bits per heavy atom. The molecule has 25 heavy (non-hydrogen) atoms. The smallest absolute Gasteiger partial charge is 0.270 e. The fourth-order valence-electron chi connectivity index (χ4n) is 3.84. The summed E-state index contributed by atoms with van der Waals surface area (Å²) in [5, 5.41) is 1.09. The number of amides is 1. The van der Waals surface area contributed by atoms with Gasteiger partial charge in [-0.25, -0.2) is 4.98 Å². The van der Waals surface area contributed by atoms with Crippen LogP contribution in [0.3, 0.4) is 0 Å². The predicted octanol–water partition coefficient (Wildman–Crippen LogP) is 3.76. The van der Waals surface area contributed by atoms with Gasteiger partial charge in [0, 0.05) is 42.4 Å². The molecule has 0 unspecified atom stereocenters. The molecule has 3 heterocycles. The van der Waals surface area contributed by atoms with Crippen molar-refractivity contribution in [3.05, 3.63) is 54.2 Å². The van der Waals surface area contributed by atoms with Gasteiger partial charge in [-0.15, -0.1) is 0 Å². The number of likely N-dealkylation sites (tertiary alicyclic amines) is 1. The third-order valence-corrected chi connectivity index (χ3v) is 5.28. The zero-order chi connectivity index (χ0) is 17.2. The number of nitrogens with zero attached hydrogens (tertiary/aromatic N) is 3. The minimum absolute atomic E-state index is 0.128. The van der Waals surface area contributed by atoms with Crippen LogP contribution in [0.15, 0.2) is 42.7 Å². The number of para-hydroxylation sites is 1. The van der Waals surface area contributed by atoms with E-state index in [1.54, 1.807) is 0 Å². The van der Waals surface area contributed by atoms with E-state index in [0.29, 0.717) is 11.7 Å². The van der Waals surface area contributed by atoms with Crippen molar-refractivity contribution in [3.8, 4) is 0 Å². The van der Waals surface area contributed by atoms with E-state index >= 15 is 0 Å². The van der Waals surface area contributed by atoms with Crippen molar-refractivity contribution >= 4 is 16.8 Å². The van der Waals surface area contributed by atoms with Gasteiger partial charge in [0.2, 0.25) is 0 Å². The summed E-state index contributed by atoms with van der Waals surface area (Å²) in [7, 11) is 0. The van der Waals surface area contributed by atoms with Crippen LogP contribution < -0.4 is 0 Å². The summed E-state index contributed by atoms with van der Waals surface area (Å²) in [6.07, 6.45) is 8.20. The van der Waals surface area contributed by atoms with Gasteiger partial charge >= 0.3 is 0 Å². The maximum atomic E-state index is 13.1. The number of nitrogens with one attached hydrogen (secondary N) is 1. The molecule has 2 aromatic heterocycles. The van der Waals surface area contributed by atoms with E-state index in [4.69, 9.17) is 0 Å². The van der Waals surface area contributed by atoms with Crippen LogP contribution in [-0.2, 0) is 6.54 Å². The molecule has 0 aliphatic carbocycles. The fourth-order valence-corrected chi connectivity index (χ4v) is 3.84. The molecule has 3 aromatic rings. The Bertz CT molecular complexity index is 846. The average molecular weight is 336 g/mol. The van der Waals surface area contributed by atoms with Crippen LogP contribution in [-0.4, -0.2) is 37.9 Å². The number of hydrogen-bond acceptors (Lipinski definition) is 2. The highest BCUT2D eigenvalue weighted by Crippen LogP contribution is 2.24. The Labute approximate surface area is 147 Å². The van der Waals surface area contributed by atoms with Crippen LogP contribution in [0, 0.1) is 6.92 Å². The first-order valence-corrected chi connectivity index (χ1v) is 9.09. The highest BCUT2D eigenvalue weighted by atomic mass is 16.2. The van der Waals surface area contributed by atoms with Gasteiger partial charge in [-0.2, -0.15) is 0 Å². The molecular weight excluding hydrogens is 312 g/mol. The number of piperidine rings is 1. The molecule has 0 bridgehead atoms. The number of aryl methyl sites for hydroxylation is 2. The molecule has 5 nitrogen and oxygen atoms in total. The second kappa shape index (κ2) is 6.75. The molecule has 1 atom stereocenters. The maximum absolute atomic E-state index is 13.1.